The van der Waals surface area contributed by atoms with Gasteiger partial charge in [0, 0.05) is 11.6 Å². The molecule has 2 rings (SSSR count). The second-order valence-electron chi connectivity index (χ2n) is 6.13. The predicted molar refractivity (Wildman–Crippen MR) is 94.8 cm³/mol. The predicted octanol–water partition coefficient (Wildman–Crippen LogP) is 1.85. The number of nitrogens with one attached hydrogen (secondary N) is 2. The molecule has 1 atom stereocenters. The zero-order valence-corrected chi connectivity index (χ0v) is 15.7. The first-order valence-corrected chi connectivity index (χ1v) is 9.06. The van der Waals surface area contributed by atoms with E-state index in [2.05, 4.69) is 26.6 Å². The van der Waals surface area contributed by atoms with E-state index in [1.165, 1.54) is 0 Å². The second kappa shape index (κ2) is 9.03. The molecule has 1 aromatic rings. The van der Waals surface area contributed by atoms with Crippen LogP contribution >= 0.6 is 15.9 Å². The molecule has 1 aromatic carbocycles. The Balaban J connectivity index is 1.76. The molecule has 0 heterocycles. The van der Waals surface area contributed by atoms with Crippen molar-refractivity contribution in [2.75, 3.05) is 13.7 Å². The van der Waals surface area contributed by atoms with Gasteiger partial charge in [0.25, 0.3) is 5.91 Å². The van der Waals surface area contributed by atoms with Crippen LogP contribution in [0.4, 0.5) is 4.79 Å². The van der Waals surface area contributed by atoms with Crippen molar-refractivity contribution in [2.24, 2.45) is 0 Å². The number of rotatable bonds is 6. The number of carbonyl (C=O) groups excluding carboxylic acids is 2. The Morgan fingerprint density at radius 1 is 1.38 bits per heavy atom. The van der Waals surface area contributed by atoms with Crippen molar-refractivity contribution in [1.82, 2.24) is 10.6 Å². The van der Waals surface area contributed by atoms with Gasteiger partial charge in [0.15, 0.2) is 6.54 Å². The maximum Gasteiger partial charge on any atom is 0.321 e. The molecule has 1 fully saturated rings. The van der Waals surface area contributed by atoms with E-state index in [1.807, 2.05) is 30.4 Å². The van der Waals surface area contributed by atoms with Crippen molar-refractivity contribution >= 4 is 27.9 Å². The summed E-state index contributed by atoms with van der Waals surface area (Å²) >= 11 is 3.46. The third kappa shape index (κ3) is 5.49. The average Bonchev–Trinajstić information content (AvgIpc) is 3.05. The van der Waals surface area contributed by atoms with Crippen LogP contribution in [0.15, 0.2) is 22.7 Å². The lowest BCUT2D eigenvalue weighted by Crippen LogP contribution is -2.87. The zero-order chi connectivity index (χ0) is 17.5. The van der Waals surface area contributed by atoms with Crippen LogP contribution in [0, 0.1) is 0 Å². The Hall–Kier alpha value is -1.60. The SMILES string of the molecule is COc1ccc([C@@H](C)[NH2+]CC(=O)NC(=O)NC2CCCC2)cc1Br. The van der Waals surface area contributed by atoms with Crippen molar-refractivity contribution < 1.29 is 19.6 Å². The van der Waals surface area contributed by atoms with Crippen LogP contribution < -0.4 is 20.7 Å². The highest BCUT2D eigenvalue weighted by Crippen LogP contribution is 2.27. The van der Waals surface area contributed by atoms with Gasteiger partial charge in [0.1, 0.15) is 11.8 Å². The molecular formula is C17H25BrN3O3+. The number of ether oxygens (including phenoxy) is 1. The van der Waals surface area contributed by atoms with E-state index in [4.69, 9.17) is 4.74 Å². The van der Waals surface area contributed by atoms with Crippen LogP contribution in [0.2, 0.25) is 0 Å². The highest BCUT2D eigenvalue weighted by atomic mass is 79.9. The number of amides is 3. The largest absolute Gasteiger partial charge is 0.496 e. The fourth-order valence-electron chi connectivity index (χ4n) is 2.86. The highest BCUT2D eigenvalue weighted by molar-refractivity contribution is 9.10. The Kier molecular flexibility index (Phi) is 7.05. The van der Waals surface area contributed by atoms with Crippen LogP contribution in [0.3, 0.4) is 0 Å². The molecule has 0 bridgehead atoms. The third-order valence-corrected chi connectivity index (χ3v) is 4.92. The summed E-state index contributed by atoms with van der Waals surface area (Å²) in [6.07, 6.45) is 4.28. The Morgan fingerprint density at radius 2 is 2.08 bits per heavy atom. The van der Waals surface area contributed by atoms with Crippen molar-refractivity contribution in [1.29, 1.82) is 0 Å². The molecule has 0 radical (unpaired) electrons. The van der Waals surface area contributed by atoms with Crippen LogP contribution in [0.1, 0.15) is 44.2 Å². The van der Waals surface area contributed by atoms with E-state index in [0.29, 0.717) is 0 Å². The van der Waals surface area contributed by atoms with Gasteiger partial charge in [0.05, 0.1) is 11.6 Å². The smallest absolute Gasteiger partial charge is 0.321 e. The van der Waals surface area contributed by atoms with Crippen LogP contribution in [0.5, 0.6) is 5.75 Å². The first kappa shape index (κ1) is 18.7. The quantitative estimate of drug-likeness (QED) is 0.683. The molecule has 0 saturated heterocycles. The fourth-order valence-corrected chi connectivity index (χ4v) is 3.41. The molecule has 1 aliphatic rings. The lowest BCUT2D eigenvalue weighted by molar-refractivity contribution is -0.682. The van der Waals surface area contributed by atoms with Crippen molar-refractivity contribution in [3.63, 3.8) is 0 Å². The summed E-state index contributed by atoms with van der Waals surface area (Å²) in [5, 5.41) is 7.13. The molecule has 0 aliphatic heterocycles. The number of benzene rings is 1. The van der Waals surface area contributed by atoms with Crippen LogP contribution in [-0.2, 0) is 4.79 Å². The van der Waals surface area contributed by atoms with Gasteiger partial charge in [-0.2, -0.15) is 0 Å². The highest BCUT2D eigenvalue weighted by Gasteiger charge is 2.19. The number of carbonyl (C=O) groups is 2. The molecule has 132 valence electrons. The molecule has 1 saturated carbocycles. The molecule has 4 N–H and O–H groups in total. The van der Waals surface area contributed by atoms with E-state index < -0.39 is 0 Å². The monoisotopic (exact) mass is 398 g/mol. The molecule has 0 unspecified atom stereocenters. The van der Waals surface area contributed by atoms with E-state index in [0.717, 1.165) is 41.5 Å². The number of halogens is 1. The number of hydrogen-bond donors (Lipinski definition) is 3. The summed E-state index contributed by atoms with van der Waals surface area (Å²) in [7, 11) is 1.62. The number of hydrogen-bond acceptors (Lipinski definition) is 3. The summed E-state index contributed by atoms with van der Waals surface area (Å²) < 4.78 is 6.09. The summed E-state index contributed by atoms with van der Waals surface area (Å²) in [6.45, 7) is 2.21. The van der Waals surface area contributed by atoms with Gasteiger partial charge in [-0.05, 0) is 53.9 Å². The van der Waals surface area contributed by atoms with Crippen LogP contribution in [0.25, 0.3) is 0 Å². The number of urea groups is 1. The first-order valence-electron chi connectivity index (χ1n) is 8.26. The van der Waals surface area contributed by atoms with Crippen molar-refractivity contribution in [2.45, 2.75) is 44.7 Å². The van der Waals surface area contributed by atoms with Gasteiger partial charge in [-0.1, -0.05) is 12.8 Å². The van der Waals surface area contributed by atoms with Gasteiger partial charge >= 0.3 is 6.03 Å². The van der Waals surface area contributed by atoms with Gasteiger partial charge < -0.3 is 15.4 Å². The Morgan fingerprint density at radius 3 is 2.71 bits per heavy atom. The molecule has 0 spiro atoms. The van der Waals surface area contributed by atoms with E-state index >= 15 is 0 Å². The minimum atomic E-state index is -0.389. The lowest BCUT2D eigenvalue weighted by atomic mass is 10.1. The van der Waals surface area contributed by atoms with E-state index in [9.17, 15) is 9.59 Å². The maximum absolute atomic E-state index is 11.9. The van der Waals surface area contributed by atoms with Crippen LogP contribution in [-0.4, -0.2) is 31.6 Å². The summed E-state index contributed by atoms with van der Waals surface area (Å²) in [5.41, 5.74) is 1.07. The molecule has 1 aliphatic carbocycles. The number of quaternary nitrogens is 1. The molecule has 3 amide bonds. The van der Waals surface area contributed by atoms with Crippen molar-refractivity contribution in [3.05, 3.63) is 28.2 Å². The minimum Gasteiger partial charge on any atom is -0.496 e. The minimum absolute atomic E-state index is 0.0934. The van der Waals surface area contributed by atoms with Crippen molar-refractivity contribution in [3.8, 4) is 5.75 Å². The van der Waals surface area contributed by atoms with E-state index in [-0.39, 0.29) is 30.6 Å². The lowest BCUT2D eigenvalue weighted by Gasteiger charge is -2.14. The Bertz CT molecular complexity index is 588. The number of nitrogens with two attached hydrogens (primary N) is 1. The summed E-state index contributed by atoms with van der Waals surface area (Å²) in [6, 6.07) is 5.74. The third-order valence-electron chi connectivity index (χ3n) is 4.30. The molecule has 6 nitrogen and oxygen atoms in total. The van der Waals surface area contributed by atoms with Gasteiger partial charge in [-0.15, -0.1) is 0 Å². The molecular weight excluding hydrogens is 374 g/mol. The molecule has 24 heavy (non-hydrogen) atoms. The summed E-state index contributed by atoms with van der Waals surface area (Å²) in [4.78, 5) is 23.7. The first-order chi connectivity index (χ1) is 11.5. The number of methoxy groups -OCH3 is 1. The Labute approximate surface area is 150 Å². The normalized spacial score (nSPS) is 15.8. The topological polar surface area (TPSA) is 84.0 Å². The number of imide groups is 1. The second-order valence-corrected chi connectivity index (χ2v) is 6.98. The van der Waals surface area contributed by atoms with Gasteiger partial charge in [-0.3, -0.25) is 10.1 Å². The van der Waals surface area contributed by atoms with Gasteiger partial charge in [0.2, 0.25) is 0 Å². The molecule has 7 heteroatoms. The summed E-state index contributed by atoms with van der Waals surface area (Å²) in [5.74, 6) is 0.484. The molecule has 0 aromatic heterocycles. The fraction of sp³-hybridized carbons (Fsp3) is 0.529. The average molecular weight is 399 g/mol. The maximum atomic E-state index is 11.9. The van der Waals surface area contributed by atoms with Gasteiger partial charge in [-0.25, -0.2) is 4.79 Å². The zero-order valence-electron chi connectivity index (χ0n) is 14.1. The van der Waals surface area contributed by atoms with E-state index in [1.54, 1.807) is 7.11 Å². The standard InChI is InChI=1S/C17H24BrN3O3/c1-11(12-7-8-15(24-2)14(18)9-12)19-10-16(22)21-17(23)20-13-5-3-4-6-13/h7-9,11,13,19H,3-6,10H2,1-2H3,(H2,20,21,22,23)/p+1/t11-/m1/s1.